The number of hydrogen-bond acceptors (Lipinski definition) is 3. The van der Waals surface area contributed by atoms with Crippen molar-refractivity contribution in [1.29, 1.82) is 10.7 Å². The topological polar surface area (TPSA) is 75.8 Å². The van der Waals surface area contributed by atoms with Crippen LogP contribution in [0.3, 0.4) is 0 Å². The second-order valence-corrected chi connectivity index (χ2v) is 4.14. The fourth-order valence-corrected chi connectivity index (χ4v) is 1.98. The van der Waals surface area contributed by atoms with E-state index in [1.54, 1.807) is 13.2 Å². The summed E-state index contributed by atoms with van der Waals surface area (Å²) in [6, 6.07) is 14.7. The van der Waals surface area contributed by atoms with Gasteiger partial charge in [0.05, 0.1) is 5.69 Å². The fraction of sp³-hybridized carbons (Fsp3) is 0.133. The molecule has 100 valence electrons. The van der Waals surface area contributed by atoms with Crippen LogP contribution in [0.15, 0.2) is 54.7 Å². The first kappa shape index (κ1) is 13.6. The van der Waals surface area contributed by atoms with Gasteiger partial charge in [0.1, 0.15) is 6.04 Å². The zero-order chi connectivity index (χ0) is 14.4. The number of hydrogen-bond donors (Lipinski definition) is 2. The van der Waals surface area contributed by atoms with Gasteiger partial charge in [0.15, 0.2) is 6.19 Å². The van der Waals surface area contributed by atoms with E-state index in [9.17, 15) is 5.26 Å². The number of guanidine groups is 1. The van der Waals surface area contributed by atoms with Crippen LogP contribution in [0.4, 0.5) is 0 Å². The van der Waals surface area contributed by atoms with E-state index in [2.05, 4.69) is 16.5 Å². The summed E-state index contributed by atoms with van der Waals surface area (Å²) in [5.74, 6) is 0.0343. The molecule has 0 fully saturated rings. The van der Waals surface area contributed by atoms with Gasteiger partial charge in [-0.25, -0.2) is 4.90 Å². The summed E-state index contributed by atoms with van der Waals surface area (Å²) in [5.41, 5.74) is 1.63. The minimum absolute atomic E-state index is 0.0343. The zero-order valence-corrected chi connectivity index (χ0v) is 11.1. The lowest BCUT2D eigenvalue weighted by atomic mass is 10.0. The Bertz CT molecular complexity index is 564. The first-order valence-corrected chi connectivity index (χ1v) is 6.19. The molecule has 1 aromatic heterocycles. The van der Waals surface area contributed by atoms with E-state index in [-0.39, 0.29) is 5.96 Å². The lowest BCUT2D eigenvalue weighted by molar-refractivity contribution is 0.460. The second kappa shape index (κ2) is 6.34. The predicted molar refractivity (Wildman–Crippen MR) is 76.8 cm³/mol. The van der Waals surface area contributed by atoms with Crippen LogP contribution in [0.1, 0.15) is 17.3 Å². The highest BCUT2D eigenvalue weighted by Crippen LogP contribution is 2.26. The number of aromatic nitrogens is 1. The quantitative estimate of drug-likeness (QED) is 0.386. The van der Waals surface area contributed by atoms with E-state index in [1.165, 1.54) is 4.90 Å². The van der Waals surface area contributed by atoms with Crippen LogP contribution in [0, 0.1) is 16.9 Å². The van der Waals surface area contributed by atoms with Crippen molar-refractivity contribution in [3.05, 3.63) is 66.0 Å². The number of rotatable bonds is 3. The molecule has 1 heterocycles. The molecule has 2 N–H and O–H groups in total. The van der Waals surface area contributed by atoms with Gasteiger partial charge in [0.2, 0.25) is 5.96 Å². The molecule has 5 heteroatoms. The average Bonchev–Trinajstić information content (AvgIpc) is 2.53. The predicted octanol–water partition coefficient (Wildman–Crippen LogP) is 2.11. The van der Waals surface area contributed by atoms with E-state index >= 15 is 0 Å². The molecule has 0 spiro atoms. The Balaban J connectivity index is 2.50. The molecule has 0 aliphatic heterocycles. The molecule has 0 bridgehead atoms. The van der Waals surface area contributed by atoms with Crippen LogP contribution >= 0.6 is 0 Å². The second-order valence-electron chi connectivity index (χ2n) is 4.14. The highest BCUT2D eigenvalue weighted by atomic mass is 15.3. The Kier molecular flexibility index (Phi) is 4.30. The largest absolute Gasteiger partial charge is 0.359 e. The van der Waals surface area contributed by atoms with Gasteiger partial charge in [-0.2, -0.15) is 5.26 Å². The molecule has 0 aliphatic carbocycles. The Hall–Kier alpha value is -2.87. The minimum atomic E-state index is -0.414. The summed E-state index contributed by atoms with van der Waals surface area (Å²) < 4.78 is 0. The maximum atomic E-state index is 9.39. The molecule has 0 saturated carbocycles. The monoisotopic (exact) mass is 265 g/mol. The van der Waals surface area contributed by atoms with Crippen molar-refractivity contribution in [1.82, 2.24) is 15.2 Å². The van der Waals surface area contributed by atoms with Crippen LogP contribution in [-0.4, -0.2) is 22.9 Å². The molecule has 0 radical (unpaired) electrons. The molecule has 5 nitrogen and oxygen atoms in total. The summed E-state index contributed by atoms with van der Waals surface area (Å²) in [5, 5.41) is 20.0. The highest BCUT2D eigenvalue weighted by molar-refractivity contribution is 5.78. The summed E-state index contributed by atoms with van der Waals surface area (Å²) >= 11 is 0. The number of nitrogens with zero attached hydrogens (tertiary/aromatic N) is 3. The van der Waals surface area contributed by atoms with Gasteiger partial charge in [-0.3, -0.25) is 10.4 Å². The summed E-state index contributed by atoms with van der Waals surface area (Å²) in [6.45, 7) is 0. The Labute approximate surface area is 118 Å². The average molecular weight is 265 g/mol. The lowest BCUT2D eigenvalue weighted by Crippen LogP contribution is -2.38. The van der Waals surface area contributed by atoms with Crippen molar-refractivity contribution < 1.29 is 0 Å². The fourth-order valence-electron chi connectivity index (χ4n) is 1.98. The van der Waals surface area contributed by atoms with Gasteiger partial charge >= 0.3 is 0 Å². The van der Waals surface area contributed by atoms with Crippen LogP contribution < -0.4 is 5.32 Å². The van der Waals surface area contributed by atoms with Crippen molar-refractivity contribution in [3.63, 3.8) is 0 Å². The molecule has 20 heavy (non-hydrogen) atoms. The maximum absolute atomic E-state index is 9.39. The summed E-state index contributed by atoms with van der Waals surface area (Å²) in [7, 11) is 1.62. The molecule has 1 unspecified atom stereocenters. The number of nitriles is 1. The van der Waals surface area contributed by atoms with E-state index in [0.717, 1.165) is 11.3 Å². The molecule has 1 atom stereocenters. The Morgan fingerprint density at radius 3 is 2.50 bits per heavy atom. The molecule has 0 saturated heterocycles. The van der Waals surface area contributed by atoms with Gasteiger partial charge in [-0.05, 0) is 17.7 Å². The number of pyridine rings is 1. The van der Waals surface area contributed by atoms with Gasteiger partial charge < -0.3 is 5.32 Å². The van der Waals surface area contributed by atoms with Crippen molar-refractivity contribution in [2.75, 3.05) is 7.05 Å². The van der Waals surface area contributed by atoms with E-state index in [4.69, 9.17) is 5.41 Å². The Morgan fingerprint density at radius 1 is 1.25 bits per heavy atom. The van der Waals surface area contributed by atoms with Gasteiger partial charge in [-0.1, -0.05) is 36.4 Å². The third-order valence-corrected chi connectivity index (χ3v) is 2.93. The third-order valence-electron chi connectivity index (χ3n) is 2.93. The molecule has 2 rings (SSSR count). The van der Waals surface area contributed by atoms with Crippen molar-refractivity contribution in [2.45, 2.75) is 6.04 Å². The Morgan fingerprint density at radius 2 is 1.95 bits per heavy atom. The van der Waals surface area contributed by atoms with E-state index in [0.29, 0.717) is 0 Å². The van der Waals surface area contributed by atoms with E-state index in [1.807, 2.05) is 48.5 Å². The van der Waals surface area contributed by atoms with Gasteiger partial charge in [-0.15, -0.1) is 0 Å². The molecular formula is C15H15N5. The normalized spacial score (nSPS) is 11.2. The van der Waals surface area contributed by atoms with Crippen molar-refractivity contribution in [3.8, 4) is 6.19 Å². The smallest absolute Gasteiger partial charge is 0.205 e. The van der Waals surface area contributed by atoms with Gasteiger partial charge in [0, 0.05) is 13.2 Å². The van der Waals surface area contributed by atoms with Gasteiger partial charge in [0.25, 0.3) is 0 Å². The van der Waals surface area contributed by atoms with Crippen LogP contribution in [0.25, 0.3) is 0 Å². The first-order chi connectivity index (χ1) is 9.77. The lowest BCUT2D eigenvalue weighted by Gasteiger charge is -2.26. The number of nitrogens with one attached hydrogen (secondary N) is 2. The van der Waals surface area contributed by atoms with Crippen LogP contribution in [-0.2, 0) is 0 Å². The minimum Gasteiger partial charge on any atom is -0.359 e. The molecule has 0 aliphatic rings. The third kappa shape index (κ3) is 2.75. The van der Waals surface area contributed by atoms with Crippen LogP contribution in [0.2, 0.25) is 0 Å². The maximum Gasteiger partial charge on any atom is 0.205 e. The molecule has 0 amide bonds. The van der Waals surface area contributed by atoms with Crippen LogP contribution in [0.5, 0.6) is 0 Å². The standard InChI is InChI=1S/C15H15N5/c1-18-15(17)20(11-16)14(12-7-3-2-4-8-12)13-9-5-6-10-19-13/h2-10,14H,1H3,(H2,17,18). The molecule has 2 aromatic rings. The summed E-state index contributed by atoms with van der Waals surface area (Å²) in [4.78, 5) is 5.63. The number of benzene rings is 1. The highest BCUT2D eigenvalue weighted by Gasteiger charge is 2.25. The molecular weight excluding hydrogens is 250 g/mol. The molecule has 1 aromatic carbocycles. The SMILES string of the molecule is CNC(=N)N(C#N)C(c1ccccc1)c1ccccn1. The van der Waals surface area contributed by atoms with Crippen molar-refractivity contribution in [2.24, 2.45) is 0 Å². The van der Waals surface area contributed by atoms with E-state index < -0.39 is 6.04 Å². The van der Waals surface area contributed by atoms with Crippen molar-refractivity contribution >= 4 is 5.96 Å². The first-order valence-electron chi connectivity index (χ1n) is 6.19. The zero-order valence-electron chi connectivity index (χ0n) is 11.1. The summed E-state index contributed by atoms with van der Waals surface area (Å²) in [6.07, 6.45) is 3.74.